The van der Waals surface area contributed by atoms with Gasteiger partial charge in [0.2, 0.25) is 0 Å². The number of carbonyl (C=O) groups is 2. The minimum Gasteiger partial charge on any atom is -0.508 e. The summed E-state index contributed by atoms with van der Waals surface area (Å²) >= 11 is 0. The smallest absolute Gasteiger partial charge is 0.338 e. The number of rotatable bonds is 10. The van der Waals surface area contributed by atoms with E-state index in [0.717, 1.165) is 28.7 Å². The van der Waals surface area contributed by atoms with Gasteiger partial charge in [-0.25, -0.2) is 9.59 Å². The van der Waals surface area contributed by atoms with Gasteiger partial charge in [0, 0.05) is 0 Å². The zero-order valence-electron chi connectivity index (χ0n) is 22.0. The van der Waals surface area contributed by atoms with E-state index in [4.69, 9.17) is 9.47 Å². The van der Waals surface area contributed by atoms with Gasteiger partial charge in [0.15, 0.2) is 0 Å². The number of esters is 2. The Bertz CT molecular complexity index is 1270. The van der Waals surface area contributed by atoms with E-state index >= 15 is 0 Å². The van der Waals surface area contributed by atoms with E-state index in [9.17, 15) is 19.8 Å². The highest BCUT2D eigenvalue weighted by Gasteiger charge is 2.15. The Morgan fingerprint density at radius 3 is 1.13 bits per heavy atom. The lowest BCUT2D eigenvalue weighted by Crippen LogP contribution is -2.18. The van der Waals surface area contributed by atoms with Crippen LogP contribution in [0, 0.1) is 0 Å². The predicted octanol–water partition coefficient (Wildman–Crippen LogP) is 7.39. The zero-order chi connectivity index (χ0) is 27.8. The molecule has 2 atom stereocenters. The Kier molecular flexibility index (Phi) is 9.00. The maximum Gasteiger partial charge on any atom is 0.338 e. The van der Waals surface area contributed by atoms with Crippen molar-refractivity contribution in [1.29, 1.82) is 0 Å². The number of carbonyl (C=O) groups excluding carboxylic acids is 2. The lowest BCUT2D eigenvalue weighted by molar-refractivity contribution is 0.0268. The SMILES string of the molecule is CC(CCCC(C)OC(=O)c1ccc(-c2ccc(O)cc2)cc1)OC(=O)c1ccc(-c2ccc(O)cc2)cc1. The highest BCUT2D eigenvalue weighted by Crippen LogP contribution is 2.24. The second-order valence-electron chi connectivity index (χ2n) is 9.61. The number of benzene rings is 4. The van der Waals surface area contributed by atoms with E-state index in [0.29, 0.717) is 24.0 Å². The molecular formula is C33H32O6. The molecule has 0 aliphatic carbocycles. The summed E-state index contributed by atoms with van der Waals surface area (Å²) in [5.41, 5.74) is 4.73. The Labute approximate surface area is 228 Å². The van der Waals surface area contributed by atoms with Crippen LogP contribution < -0.4 is 0 Å². The van der Waals surface area contributed by atoms with E-state index in [1.165, 1.54) is 0 Å². The van der Waals surface area contributed by atoms with Gasteiger partial charge in [-0.05, 0) is 104 Å². The van der Waals surface area contributed by atoms with Crippen LogP contribution in [-0.4, -0.2) is 34.4 Å². The molecule has 0 spiro atoms. The summed E-state index contributed by atoms with van der Waals surface area (Å²) in [6.07, 6.45) is 1.50. The second-order valence-corrected chi connectivity index (χ2v) is 9.61. The molecule has 0 fully saturated rings. The van der Waals surface area contributed by atoms with Gasteiger partial charge >= 0.3 is 11.9 Å². The summed E-state index contributed by atoms with van der Waals surface area (Å²) in [5, 5.41) is 18.9. The highest BCUT2D eigenvalue weighted by atomic mass is 16.5. The van der Waals surface area contributed by atoms with Crippen molar-refractivity contribution in [2.24, 2.45) is 0 Å². The summed E-state index contributed by atoms with van der Waals surface area (Å²) < 4.78 is 11.2. The molecule has 0 bridgehead atoms. The third-order valence-corrected chi connectivity index (χ3v) is 6.48. The van der Waals surface area contributed by atoms with Crippen molar-refractivity contribution in [3.8, 4) is 33.8 Å². The standard InChI is InChI=1S/C33H32O6/c1-22(38-32(36)28-10-6-24(7-11-28)26-14-18-30(34)19-15-26)4-3-5-23(2)39-33(37)29-12-8-25(9-13-29)27-16-20-31(35)21-17-27/h6-23,34-35H,3-5H2,1-2H3. The summed E-state index contributed by atoms with van der Waals surface area (Å²) in [4.78, 5) is 25.1. The number of hydrogen-bond donors (Lipinski definition) is 2. The van der Waals surface area contributed by atoms with Gasteiger partial charge in [-0.15, -0.1) is 0 Å². The van der Waals surface area contributed by atoms with E-state index < -0.39 is 0 Å². The molecule has 0 aromatic heterocycles. The molecule has 200 valence electrons. The fraction of sp³-hybridized carbons (Fsp3) is 0.212. The van der Waals surface area contributed by atoms with Gasteiger partial charge < -0.3 is 19.7 Å². The topological polar surface area (TPSA) is 93.1 Å². The first-order valence-electron chi connectivity index (χ1n) is 13.0. The van der Waals surface area contributed by atoms with E-state index in [-0.39, 0.29) is 35.6 Å². The summed E-state index contributed by atoms with van der Waals surface area (Å²) in [7, 11) is 0. The van der Waals surface area contributed by atoms with Crippen molar-refractivity contribution in [1.82, 2.24) is 0 Å². The molecule has 6 heteroatoms. The van der Waals surface area contributed by atoms with Crippen LogP contribution in [0.25, 0.3) is 22.3 Å². The van der Waals surface area contributed by atoms with Crippen molar-refractivity contribution in [2.75, 3.05) is 0 Å². The van der Waals surface area contributed by atoms with Gasteiger partial charge in [-0.3, -0.25) is 0 Å². The number of aromatic hydroxyl groups is 2. The van der Waals surface area contributed by atoms with Crippen LogP contribution in [0.5, 0.6) is 11.5 Å². The molecule has 0 saturated carbocycles. The molecule has 4 aromatic rings. The first kappa shape index (κ1) is 27.5. The van der Waals surface area contributed by atoms with Crippen LogP contribution in [0.15, 0.2) is 97.1 Å². The van der Waals surface area contributed by atoms with Crippen LogP contribution in [0.2, 0.25) is 0 Å². The van der Waals surface area contributed by atoms with E-state index in [2.05, 4.69) is 0 Å². The zero-order valence-corrected chi connectivity index (χ0v) is 22.0. The predicted molar refractivity (Wildman–Crippen MR) is 151 cm³/mol. The van der Waals surface area contributed by atoms with Crippen LogP contribution in [0.3, 0.4) is 0 Å². The quantitative estimate of drug-likeness (QED) is 0.210. The average molecular weight is 525 g/mol. The maximum atomic E-state index is 12.5. The van der Waals surface area contributed by atoms with Crippen LogP contribution in [0.1, 0.15) is 53.8 Å². The maximum absolute atomic E-state index is 12.5. The van der Waals surface area contributed by atoms with Crippen LogP contribution in [0.4, 0.5) is 0 Å². The van der Waals surface area contributed by atoms with Gasteiger partial charge in [-0.1, -0.05) is 48.5 Å². The van der Waals surface area contributed by atoms with E-state index in [1.54, 1.807) is 48.5 Å². The number of hydrogen-bond acceptors (Lipinski definition) is 6. The first-order valence-corrected chi connectivity index (χ1v) is 13.0. The largest absolute Gasteiger partial charge is 0.508 e. The van der Waals surface area contributed by atoms with Crippen LogP contribution in [-0.2, 0) is 9.47 Å². The molecule has 0 heterocycles. The Morgan fingerprint density at radius 2 is 0.821 bits per heavy atom. The Morgan fingerprint density at radius 1 is 0.538 bits per heavy atom. The minimum atomic E-state index is -0.380. The van der Waals surface area contributed by atoms with Gasteiger partial charge in [0.25, 0.3) is 0 Å². The lowest BCUT2D eigenvalue weighted by atomic mass is 10.0. The van der Waals surface area contributed by atoms with Crippen LogP contribution >= 0.6 is 0 Å². The molecular weight excluding hydrogens is 492 g/mol. The average Bonchev–Trinajstić information content (AvgIpc) is 2.94. The molecule has 4 aromatic carbocycles. The lowest BCUT2D eigenvalue weighted by Gasteiger charge is -2.16. The fourth-order valence-electron chi connectivity index (χ4n) is 4.22. The van der Waals surface area contributed by atoms with Crippen molar-refractivity contribution in [3.63, 3.8) is 0 Å². The van der Waals surface area contributed by atoms with E-state index in [1.807, 2.05) is 62.4 Å². The first-order chi connectivity index (χ1) is 18.8. The molecule has 0 amide bonds. The minimum absolute atomic E-state index is 0.206. The normalized spacial score (nSPS) is 12.4. The molecule has 39 heavy (non-hydrogen) atoms. The van der Waals surface area contributed by atoms with Crippen molar-refractivity contribution < 1.29 is 29.3 Å². The molecule has 0 aliphatic heterocycles. The summed E-state index contributed by atoms with van der Waals surface area (Å²) in [5.74, 6) is -0.346. The Balaban J connectivity index is 1.19. The van der Waals surface area contributed by atoms with Gasteiger partial charge in [-0.2, -0.15) is 0 Å². The summed E-state index contributed by atoms with van der Waals surface area (Å²) in [6.45, 7) is 3.71. The molecule has 2 unspecified atom stereocenters. The molecule has 0 aliphatic rings. The molecule has 2 N–H and O–H groups in total. The monoisotopic (exact) mass is 524 g/mol. The highest BCUT2D eigenvalue weighted by molar-refractivity contribution is 5.90. The summed E-state index contributed by atoms with van der Waals surface area (Å²) in [6, 6.07) is 28.1. The molecule has 0 saturated heterocycles. The molecule has 0 radical (unpaired) electrons. The van der Waals surface area contributed by atoms with Gasteiger partial charge in [0.05, 0.1) is 23.3 Å². The Hall–Kier alpha value is -4.58. The number of phenolic OH excluding ortho intramolecular Hbond substituents is 2. The van der Waals surface area contributed by atoms with Gasteiger partial charge in [0.1, 0.15) is 11.5 Å². The number of phenols is 2. The number of ether oxygens (including phenoxy) is 2. The third kappa shape index (κ3) is 7.71. The van der Waals surface area contributed by atoms with Crippen molar-refractivity contribution in [3.05, 3.63) is 108 Å². The van der Waals surface area contributed by atoms with Crippen molar-refractivity contribution >= 4 is 11.9 Å². The molecule has 6 nitrogen and oxygen atoms in total. The third-order valence-electron chi connectivity index (χ3n) is 6.48. The van der Waals surface area contributed by atoms with Crippen molar-refractivity contribution in [2.45, 2.75) is 45.3 Å². The fourth-order valence-corrected chi connectivity index (χ4v) is 4.22. The molecule has 4 rings (SSSR count). The second kappa shape index (κ2) is 12.8.